The average molecular weight is 165 g/mol. The molecule has 1 amide bonds. The van der Waals surface area contributed by atoms with Crippen molar-refractivity contribution >= 4 is 12.1 Å². The molecule has 0 aromatic carbocycles. The molecule has 1 saturated heterocycles. The van der Waals surface area contributed by atoms with Crippen molar-refractivity contribution in [1.82, 2.24) is 4.90 Å². The Morgan fingerprint density at radius 3 is 2.82 bits per heavy atom. The van der Waals surface area contributed by atoms with E-state index in [0.717, 1.165) is 0 Å². The molecular weight excluding hydrogens is 160 g/mol. The van der Waals surface area contributed by atoms with Gasteiger partial charge in [-0.2, -0.15) is 0 Å². The minimum Gasteiger partial charge on any atom is -0.442 e. The predicted octanol–water partition coefficient (Wildman–Crippen LogP) is 0.230. The van der Waals surface area contributed by atoms with Gasteiger partial charge in [0.15, 0.2) is 12.8 Å². The summed E-state index contributed by atoms with van der Waals surface area (Å²) in [4.78, 5) is 20.9. The normalized spacial score (nSPS) is 23.6. The Bertz CT molecular complexity index is 196. The van der Waals surface area contributed by atoms with Crippen LogP contribution in [-0.2, 0) is 9.53 Å². The number of ether oxygens (including phenoxy) is 1. The van der Waals surface area contributed by atoms with Crippen LogP contribution in [0.4, 0.5) is 13.6 Å². The Labute approximate surface area is 60.7 Å². The Hall–Kier alpha value is -1.20. The van der Waals surface area contributed by atoms with Gasteiger partial charge >= 0.3 is 12.1 Å². The first-order valence-electron chi connectivity index (χ1n) is 2.85. The van der Waals surface area contributed by atoms with Crippen LogP contribution in [0.5, 0.6) is 0 Å². The molecule has 0 aromatic rings. The van der Waals surface area contributed by atoms with Gasteiger partial charge in [0.1, 0.15) is 6.67 Å². The molecule has 1 aliphatic heterocycles. The van der Waals surface area contributed by atoms with Gasteiger partial charge < -0.3 is 4.74 Å². The Morgan fingerprint density at radius 1 is 1.82 bits per heavy atom. The van der Waals surface area contributed by atoms with Crippen molar-refractivity contribution in [3.05, 3.63) is 0 Å². The number of carbonyl (C=O) groups is 2. The molecule has 0 aliphatic carbocycles. The summed E-state index contributed by atoms with van der Waals surface area (Å²) < 4.78 is 28.0. The summed E-state index contributed by atoms with van der Waals surface area (Å²) in [5.74, 6) is -0.904. The molecule has 0 bridgehead atoms. The third kappa shape index (κ3) is 1.28. The summed E-state index contributed by atoms with van der Waals surface area (Å²) in [6.07, 6.45) is -1.85. The molecule has 4 nitrogen and oxygen atoms in total. The minimum absolute atomic E-state index is 0.391. The van der Waals surface area contributed by atoms with E-state index >= 15 is 0 Å². The Kier molecular flexibility index (Phi) is 2.02. The van der Waals surface area contributed by atoms with Crippen LogP contribution in [0.1, 0.15) is 0 Å². The second kappa shape index (κ2) is 2.81. The van der Waals surface area contributed by atoms with Crippen molar-refractivity contribution in [2.45, 2.75) is 6.04 Å². The van der Waals surface area contributed by atoms with Crippen LogP contribution < -0.4 is 0 Å². The molecular formula is C5H5F2NO3. The van der Waals surface area contributed by atoms with E-state index in [-0.39, 0.29) is 0 Å². The first-order valence-corrected chi connectivity index (χ1v) is 2.85. The molecule has 1 rings (SSSR count). The molecule has 0 aromatic heterocycles. The fourth-order valence-electron chi connectivity index (χ4n) is 0.766. The van der Waals surface area contributed by atoms with Gasteiger partial charge in [-0.25, -0.2) is 14.0 Å². The van der Waals surface area contributed by atoms with Crippen molar-refractivity contribution in [2.75, 3.05) is 13.4 Å². The number of hydrogen-bond donors (Lipinski definition) is 0. The predicted molar refractivity (Wildman–Crippen MR) is 29.1 cm³/mol. The van der Waals surface area contributed by atoms with Gasteiger partial charge in [-0.15, -0.1) is 4.39 Å². The molecule has 11 heavy (non-hydrogen) atoms. The number of hydrogen-bond acceptors (Lipinski definition) is 3. The maximum absolute atomic E-state index is 11.9. The second-order valence-corrected chi connectivity index (χ2v) is 1.99. The summed E-state index contributed by atoms with van der Waals surface area (Å²) in [7, 11) is 0. The van der Waals surface area contributed by atoms with Gasteiger partial charge in [-0.1, -0.05) is 0 Å². The number of amides is 1. The van der Waals surface area contributed by atoms with E-state index < -0.39 is 31.6 Å². The number of cyclic esters (lactones) is 1. The van der Waals surface area contributed by atoms with Crippen molar-refractivity contribution in [3.8, 4) is 0 Å². The van der Waals surface area contributed by atoms with E-state index in [9.17, 15) is 18.4 Å². The van der Waals surface area contributed by atoms with Gasteiger partial charge in [0.2, 0.25) is 0 Å². The van der Waals surface area contributed by atoms with Crippen LogP contribution in [0.15, 0.2) is 0 Å². The lowest BCUT2D eigenvalue weighted by molar-refractivity contribution is -0.139. The largest absolute Gasteiger partial charge is 0.442 e. The number of rotatable bonds is 1. The first kappa shape index (κ1) is 7.90. The van der Waals surface area contributed by atoms with Crippen LogP contribution in [0.25, 0.3) is 0 Å². The summed E-state index contributed by atoms with van der Waals surface area (Å²) in [5, 5.41) is 0. The van der Waals surface area contributed by atoms with E-state index in [2.05, 4.69) is 4.74 Å². The number of halogens is 2. The maximum Gasteiger partial charge on any atom is 0.403 e. The summed E-state index contributed by atoms with van der Waals surface area (Å²) in [5.41, 5.74) is 0. The highest BCUT2D eigenvalue weighted by Crippen LogP contribution is 2.12. The maximum atomic E-state index is 11.9. The SMILES string of the molecule is O=C1OCN(C(=O)F)C1CF. The van der Waals surface area contributed by atoms with Gasteiger partial charge in [0.25, 0.3) is 0 Å². The lowest BCUT2D eigenvalue weighted by Gasteiger charge is -2.11. The Morgan fingerprint density at radius 2 is 2.45 bits per heavy atom. The highest BCUT2D eigenvalue weighted by atomic mass is 19.1. The first-order chi connectivity index (χ1) is 5.16. The van der Waals surface area contributed by atoms with Gasteiger partial charge in [0.05, 0.1) is 0 Å². The van der Waals surface area contributed by atoms with Crippen LogP contribution in [0, 0.1) is 0 Å². The summed E-state index contributed by atoms with van der Waals surface area (Å²) in [6, 6.07) is -1.40. The Balaban J connectivity index is 2.68. The van der Waals surface area contributed by atoms with Crippen molar-refractivity contribution in [1.29, 1.82) is 0 Å². The van der Waals surface area contributed by atoms with E-state index in [1.54, 1.807) is 0 Å². The fraction of sp³-hybridized carbons (Fsp3) is 0.600. The van der Waals surface area contributed by atoms with Crippen LogP contribution >= 0.6 is 0 Å². The molecule has 0 saturated carbocycles. The third-order valence-electron chi connectivity index (χ3n) is 1.37. The minimum atomic E-state index is -1.85. The van der Waals surface area contributed by atoms with E-state index in [4.69, 9.17) is 0 Å². The molecule has 62 valence electrons. The molecule has 1 heterocycles. The highest BCUT2D eigenvalue weighted by Gasteiger charge is 2.37. The van der Waals surface area contributed by atoms with E-state index in [1.165, 1.54) is 0 Å². The summed E-state index contributed by atoms with van der Waals surface area (Å²) in [6.45, 7) is -1.61. The number of carbonyl (C=O) groups excluding carboxylic acids is 2. The topological polar surface area (TPSA) is 46.6 Å². The average Bonchev–Trinajstić information content (AvgIpc) is 2.30. The molecule has 0 N–H and O–H groups in total. The highest BCUT2D eigenvalue weighted by molar-refractivity contribution is 5.83. The van der Waals surface area contributed by atoms with Crippen molar-refractivity contribution in [2.24, 2.45) is 0 Å². The molecule has 1 aliphatic rings. The molecule has 0 radical (unpaired) electrons. The van der Waals surface area contributed by atoms with E-state index in [1.807, 2.05) is 0 Å². The number of nitrogens with zero attached hydrogens (tertiary/aromatic N) is 1. The van der Waals surface area contributed by atoms with Crippen LogP contribution in [0.3, 0.4) is 0 Å². The second-order valence-electron chi connectivity index (χ2n) is 1.99. The molecule has 1 unspecified atom stereocenters. The zero-order chi connectivity index (χ0) is 8.43. The van der Waals surface area contributed by atoms with Crippen molar-refractivity contribution in [3.63, 3.8) is 0 Å². The van der Waals surface area contributed by atoms with Crippen molar-refractivity contribution < 1.29 is 23.1 Å². The quantitative estimate of drug-likeness (QED) is 0.317. The lowest BCUT2D eigenvalue weighted by Crippen LogP contribution is -2.36. The molecule has 1 atom stereocenters. The summed E-state index contributed by atoms with van der Waals surface area (Å²) >= 11 is 0. The third-order valence-corrected chi connectivity index (χ3v) is 1.37. The zero-order valence-electron chi connectivity index (χ0n) is 5.42. The van der Waals surface area contributed by atoms with E-state index in [0.29, 0.717) is 4.90 Å². The molecule has 1 fully saturated rings. The van der Waals surface area contributed by atoms with Crippen LogP contribution in [0.2, 0.25) is 0 Å². The standard InChI is InChI=1S/C5H5F2NO3/c6-1-3-4(9)11-2-8(3)5(7)10/h3H,1-2H2. The molecule has 0 spiro atoms. The fourth-order valence-corrected chi connectivity index (χ4v) is 0.766. The van der Waals surface area contributed by atoms with Gasteiger partial charge in [-0.05, 0) is 0 Å². The molecule has 6 heteroatoms. The lowest BCUT2D eigenvalue weighted by atomic mass is 10.3. The van der Waals surface area contributed by atoms with Gasteiger partial charge in [-0.3, -0.25) is 4.90 Å². The number of esters is 1. The number of alkyl halides is 1. The zero-order valence-corrected chi connectivity index (χ0v) is 5.42. The van der Waals surface area contributed by atoms with Crippen LogP contribution in [-0.4, -0.2) is 36.5 Å². The van der Waals surface area contributed by atoms with Gasteiger partial charge in [0, 0.05) is 0 Å². The smallest absolute Gasteiger partial charge is 0.403 e. The monoisotopic (exact) mass is 165 g/mol.